The summed E-state index contributed by atoms with van der Waals surface area (Å²) in [5.74, 6) is 0.465. The summed E-state index contributed by atoms with van der Waals surface area (Å²) in [4.78, 5) is 23.3. The first-order valence-electron chi connectivity index (χ1n) is 9.30. The SMILES string of the molecule is O=C1C=CCCCCCC=CCC(=O)CCCOCCOCCC1. The Bertz CT molecular complexity index is 398. The van der Waals surface area contributed by atoms with Crippen LogP contribution in [0.4, 0.5) is 0 Å². The Labute approximate surface area is 146 Å². The van der Waals surface area contributed by atoms with Crippen LogP contribution < -0.4 is 0 Å². The van der Waals surface area contributed by atoms with Gasteiger partial charge in [0.25, 0.3) is 0 Å². The quantitative estimate of drug-likeness (QED) is 0.623. The summed E-state index contributed by atoms with van der Waals surface area (Å²) < 4.78 is 10.9. The zero-order valence-corrected chi connectivity index (χ0v) is 14.8. The highest BCUT2D eigenvalue weighted by atomic mass is 16.5. The van der Waals surface area contributed by atoms with Gasteiger partial charge in [0.2, 0.25) is 0 Å². The minimum absolute atomic E-state index is 0.185. The van der Waals surface area contributed by atoms with Gasteiger partial charge in [0, 0.05) is 32.5 Å². The van der Waals surface area contributed by atoms with Gasteiger partial charge in [-0.05, 0) is 44.6 Å². The molecule has 0 unspecified atom stereocenters. The largest absolute Gasteiger partial charge is 0.379 e. The average molecular weight is 336 g/mol. The number of carbonyl (C=O) groups is 2. The first-order chi connectivity index (χ1) is 11.8. The minimum Gasteiger partial charge on any atom is -0.379 e. The van der Waals surface area contributed by atoms with Crippen molar-refractivity contribution < 1.29 is 19.1 Å². The third-order valence-corrected chi connectivity index (χ3v) is 3.89. The molecule has 0 radical (unpaired) electrons. The summed E-state index contributed by atoms with van der Waals surface area (Å²) in [6, 6.07) is 0. The fourth-order valence-electron chi connectivity index (χ4n) is 2.48. The van der Waals surface area contributed by atoms with E-state index >= 15 is 0 Å². The summed E-state index contributed by atoms with van der Waals surface area (Å²) in [6.07, 6.45) is 16.4. The molecule has 0 aromatic rings. The third-order valence-electron chi connectivity index (χ3n) is 3.89. The summed E-state index contributed by atoms with van der Waals surface area (Å²) in [5.41, 5.74) is 0. The second-order valence-electron chi connectivity index (χ2n) is 6.15. The topological polar surface area (TPSA) is 52.6 Å². The van der Waals surface area contributed by atoms with E-state index in [4.69, 9.17) is 9.47 Å². The van der Waals surface area contributed by atoms with Gasteiger partial charge >= 0.3 is 0 Å². The number of ketones is 2. The molecule has 1 rings (SSSR count). The molecule has 0 aliphatic carbocycles. The van der Waals surface area contributed by atoms with E-state index in [9.17, 15) is 9.59 Å². The van der Waals surface area contributed by atoms with Crippen LogP contribution in [0.1, 0.15) is 64.2 Å². The van der Waals surface area contributed by atoms with Crippen molar-refractivity contribution in [1.29, 1.82) is 0 Å². The molecule has 0 saturated carbocycles. The number of rotatable bonds is 0. The molecule has 1 aliphatic rings. The second kappa shape index (κ2) is 15.3. The van der Waals surface area contributed by atoms with E-state index in [2.05, 4.69) is 6.08 Å². The van der Waals surface area contributed by atoms with Crippen molar-refractivity contribution in [2.75, 3.05) is 26.4 Å². The summed E-state index contributed by atoms with van der Waals surface area (Å²) in [7, 11) is 0. The van der Waals surface area contributed by atoms with Gasteiger partial charge in [-0.1, -0.05) is 24.6 Å². The lowest BCUT2D eigenvalue weighted by atomic mass is 10.1. The molecule has 4 heteroatoms. The van der Waals surface area contributed by atoms with Crippen LogP contribution in [0.15, 0.2) is 24.3 Å². The van der Waals surface area contributed by atoms with E-state index < -0.39 is 0 Å². The molecular weight excluding hydrogens is 304 g/mol. The van der Waals surface area contributed by atoms with Gasteiger partial charge in [-0.3, -0.25) is 9.59 Å². The highest BCUT2D eigenvalue weighted by molar-refractivity contribution is 5.89. The molecule has 0 saturated heterocycles. The molecule has 0 aromatic carbocycles. The molecule has 0 N–H and O–H groups in total. The number of allylic oxidation sites excluding steroid dienone is 4. The maximum absolute atomic E-state index is 11.7. The molecule has 0 fully saturated rings. The summed E-state index contributed by atoms with van der Waals surface area (Å²) in [6.45, 7) is 2.28. The lowest BCUT2D eigenvalue weighted by Crippen LogP contribution is -2.08. The van der Waals surface area contributed by atoms with Crippen molar-refractivity contribution >= 4 is 11.6 Å². The molecular formula is C20H32O4. The van der Waals surface area contributed by atoms with E-state index in [1.807, 2.05) is 12.2 Å². The molecule has 0 aromatic heterocycles. The molecule has 136 valence electrons. The van der Waals surface area contributed by atoms with Crippen molar-refractivity contribution in [2.45, 2.75) is 64.2 Å². The van der Waals surface area contributed by atoms with Crippen LogP contribution in [0, 0.1) is 0 Å². The first-order valence-corrected chi connectivity index (χ1v) is 9.30. The van der Waals surface area contributed by atoms with Crippen LogP contribution in [0.25, 0.3) is 0 Å². The third kappa shape index (κ3) is 13.2. The van der Waals surface area contributed by atoms with Gasteiger partial charge in [0.15, 0.2) is 5.78 Å². The Morgan fingerprint density at radius 3 is 2.08 bits per heavy atom. The van der Waals surface area contributed by atoms with Crippen molar-refractivity contribution in [2.24, 2.45) is 0 Å². The lowest BCUT2D eigenvalue weighted by Gasteiger charge is -2.05. The lowest BCUT2D eigenvalue weighted by molar-refractivity contribution is -0.118. The number of ether oxygens (including phenoxy) is 2. The predicted octanol–water partition coefficient (Wildman–Crippen LogP) is 4.18. The predicted molar refractivity (Wildman–Crippen MR) is 96.1 cm³/mol. The van der Waals surface area contributed by atoms with Crippen LogP contribution in [0.2, 0.25) is 0 Å². The minimum atomic E-state index is 0.185. The van der Waals surface area contributed by atoms with Crippen molar-refractivity contribution in [3.63, 3.8) is 0 Å². The van der Waals surface area contributed by atoms with Crippen LogP contribution >= 0.6 is 0 Å². The zero-order chi connectivity index (χ0) is 17.3. The van der Waals surface area contributed by atoms with E-state index in [0.29, 0.717) is 45.7 Å². The van der Waals surface area contributed by atoms with Crippen LogP contribution in [0.3, 0.4) is 0 Å². The summed E-state index contributed by atoms with van der Waals surface area (Å²) in [5, 5.41) is 0. The maximum Gasteiger partial charge on any atom is 0.155 e. The molecule has 4 nitrogen and oxygen atoms in total. The van der Waals surface area contributed by atoms with Crippen LogP contribution in [-0.4, -0.2) is 38.0 Å². The average Bonchev–Trinajstić information content (AvgIpc) is 2.57. The molecule has 0 spiro atoms. The molecule has 0 atom stereocenters. The van der Waals surface area contributed by atoms with Gasteiger partial charge in [0.1, 0.15) is 5.78 Å². The van der Waals surface area contributed by atoms with Gasteiger partial charge < -0.3 is 9.47 Å². The smallest absolute Gasteiger partial charge is 0.155 e. The van der Waals surface area contributed by atoms with E-state index in [1.165, 1.54) is 0 Å². The van der Waals surface area contributed by atoms with Crippen molar-refractivity contribution in [1.82, 2.24) is 0 Å². The van der Waals surface area contributed by atoms with Crippen LogP contribution in [-0.2, 0) is 19.1 Å². The molecule has 1 aliphatic heterocycles. The van der Waals surface area contributed by atoms with Gasteiger partial charge in [-0.25, -0.2) is 0 Å². The van der Waals surface area contributed by atoms with Crippen molar-refractivity contribution in [3.8, 4) is 0 Å². The normalized spacial score (nSPS) is 21.8. The Hall–Kier alpha value is -1.26. The first kappa shape index (κ1) is 20.8. The van der Waals surface area contributed by atoms with Crippen LogP contribution in [0.5, 0.6) is 0 Å². The number of carbonyl (C=O) groups excluding carboxylic acids is 2. The highest BCUT2D eigenvalue weighted by Crippen LogP contribution is 2.06. The Morgan fingerprint density at radius 1 is 0.667 bits per heavy atom. The number of hydrogen-bond acceptors (Lipinski definition) is 4. The molecule has 0 amide bonds. The Balaban J connectivity index is 2.27. The highest BCUT2D eigenvalue weighted by Gasteiger charge is 2.00. The van der Waals surface area contributed by atoms with E-state index in [-0.39, 0.29) is 11.6 Å². The molecule has 24 heavy (non-hydrogen) atoms. The zero-order valence-electron chi connectivity index (χ0n) is 14.8. The van der Waals surface area contributed by atoms with Gasteiger partial charge in [0.05, 0.1) is 13.2 Å². The number of Topliss-reactive ketones (excluding diaryl/α,β-unsaturated/α-hetero) is 1. The standard InChI is InChI=1S/C20H32O4/c21-19-11-7-5-3-1-2-4-6-8-12-20(22)14-10-16-24-18-17-23-15-9-13-19/h5,7-8,12H,1-4,6,9-11,13-18H2. The fourth-order valence-corrected chi connectivity index (χ4v) is 2.48. The van der Waals surface area contributed by atoms with Gasteiger partial charge in [-0.2, -0.15) is 0 Å². The molecule has 1 heterocycles. The summed E-state index contributed by atoms with van der Waals surface area (Å²) >= 11 is 0. The molecule has 0 bridgehead atoms. The van der Waals surface area contributed by atoms with Gasteiger partial charge in [-0.15, -0.1) is 0 Å². The Morgan fingerprint density at radius 2 is 1.33 bits per heavy atom. The van der Waals surface area contributed by atoms with E-state index in [0.717, 1.165) is 44.9 Å². The fraction of sp³-hybridized carbons (Fsp3) is 0.700. The van der Waals surface area contributed by atoms with E-state index in [1.54, 1.807) is 6.08 Å². The number of hydrogen-bond donors (Lipinski definition) is 0. The maximum atomic E-state index is 11.7. The Kier molecular flexibility index (Phi) is 13.2. The second-order valence-corrected chi connectivity index (χ2v) is 6.15. The monoisotopic (exact) mass is 336 g/mol. The van der Waals surface area contributed by atoms with Crippen molar-refractivity contribution in [3.05, 3.63) is 24.3 Å².